The molecule has 0 N–H and O–H groups in total. The summed E-state index contributed by atoms with van der Waals surface area (Å²) < 4.78 is 43.0. The number of fused-ring (bicyclic) bond motifs is 1. The van der Waals surface area contributed by atoms with E-state index in [1.54, 1.807) is 13.0 Å². The fraction of sp³-hybridized carbons (Fsp3) is 0.190. The lowest BCUT2D eigenvalue weighted by molar-refractivity contribution is -0.251. The Morgan fingerprint density at radius 1 is 1.22 bits per heavy atom. The van der Waals surface area contributed by atoms with Gasteiger partial charge >= 0.3 is 6.18 Å². The zero-order valence-electron chi connectivity index (χ0n) is 14.6. The van der Waals surface area contributed by atoms with Gasteiger partial charge in [-0.2, -0.15) is 13.2 Å². The molecule has 1 aliphatic heterocycles. The summed E-state index contributed by atoms with van der Waals surface area (Å²) >= 11 is 3.48. The van der Waals surface area contributed by atoms with Crippen LogP contribution in [0.2, 0.25) is 0 Å². The van der Waals surface area contributed by atoms with Crippen molar-refractivity contribution in [3.05, 3.63) is 82.9 Å². The molecule has 27 heavy (non-hydrogen) atoms. The van der Waals surface area contributed by atoms with Crippen molar-refractivity contribution in [3.63, 3.8) is 0 Å². The standard InChI is InChI=1S/C21H17BrF3NO/c1-3-5-8-14(4-2)20(21(23,24)25)13-19(26-27-20)17-11-12-18(22)16-10-7-6-9-15(16)17/h3-12H,1,13H2,2H3/b8-5-,14-4-. The Morgan fingerprint density at radius 2 is 1.93 bits per heavy atom. The molecule has 0 saturated heterocycles. The molecule has 0 amide bonds. The minimum absolute atomic E-state index is 0.00457. The molecule has 6 heteroatoms. The van der Waals surface area contributed by atoms with Gasteiger partial charge in [0.15, 0.2) is 0 Å². The van der Waals surface area contributed by atoms with Gasteiger partial charge in [0.25, 0.3) is 5.60 Å². The summed E-state index contributed by atoms with van der Waals surface area (Å²) in [6.07, 6.45) is 0.607. The van der Waals surface area contributed by atoms with Gasteiger partial charge in [0, 0.05) is 22.0 Å². The second-order valence-corrected chi connectivity index (χ2v) is 6.96. The highest BCUT2D eigenvalue weighted by Crippen LogP contribution is 2.47. The van der Waals surface area contributed by atoms with Crippen LogP contribution in [-0.2, 0) is 4.84 Å². The van der Waals surface area contributed by atoms with Crippen LogP contribution < -0.4 is 0 Å². The number of hydrogen-bond acceptors (Lipinski definition) is 2. The summed E-state index contributed by atoms with van der Waals surface area (Å²) in [6.45, 7) is 5.06. The quantitative estimate of drug-likeness (QED) is 0.488. The Hall–Kier alpha value is -2.34. The SMILES string of the molecule is C=C/C=C\C(=C\C)C1(C(F)(F)F)CC(c2ccc(Br)c3ccccc23)=NO1. The van der Waals surface area contributed by atoms with E-state index < -0.39 is 18.2 Å². The van der Waals surface area contributed by atoms with Crippen molar-refractivity contribution in [2.24, 2.45) is 5.16 Å². The topological polar surface area (TPSA) is 21.6 Å². The van der Waals surface area contributed by atoms with Crippen molar-refractivity contribution in [3.8, 4) is 0 Å². The molecule has 0 radical (unpaired) electrons. The normalized spacial score (nSPS) is 20.8. The molecule has 0 aromatic heterocycles. The van der Waals surface area contributed by atoms with Crippen molar-refractivity contribution < 1.29 is 18.0 Å². The smallest absolute Gasteiger partial charge is 0.374 e. The van der Waals surface area contributed by atoms with Crippen molar-refractivity contribution >= 4 is 32.4 Å². The van der Waals surface area contributed by atoms with E-state index in [9.17, 15) is 13.2 Å². The van der Waals surface area contributed by atoms with Gasteiger partial charge in [-0.05, 0) is 23.8 Å². The second-order valence-electron chi connectivity index (χ2n) is 6.11. The second kappa shape index (κ2) is 7.35. The van der Waals surface area contributed by atoms with Crippen LogP contribution in [0.25, 0.3) is 10.8 Å². The van der Waals surface area contributed by atoms with E-state index in [1.165, 1.54) is 24.3 Å². The molecule has 0 bridgehead atoms. The van der Waals surface area contributed by atoms with E-state index in [-0.39, 0.29) is 11.3 Å². The Balaban J connectivity index is 2.09. The number of allylic oxidation sites excluding steroid dienone is 3. The van der Waals surface area contributed by atoms with E-state index >= 15 is 0 Å². The average Bonchev–Trinajstić information content (AvgIpc) is 3.09. The number of hydrogen-bond donors (Lipinski definition) is 0. The maximum Gasteiger partial charge on any atom is 0.435 e. The summed E-state index contributed by atoms with van der Waals surface area (Å²) in [7, 11) is 0. The Kier molecular flexibility index (Phi) is 5.29. The van der Waals surface area contributed by atoms with Gasteiger partial charge in [0.05, 0.1) is 5.71 Å². The first-order chi connectivity index (χ1) is 12.8. The number of nitrogens with zero attached hydrogens (tertiary/aromatic N) is 1. The minimum Gasteiger partial charge on any atom is -0.374 e. The predicted octanol–water partition coefficient (Wildman–Crippen LogP) is 6.72. The van der Waals surface area contributed by atoms with Crippen molar-refractivity contribution in [1.29, 1.82) is 0 Å². The largest absolute Gasteiger partial charge is 0.435 e. The van der Waals surface area contributed by atoms with Crippen LogP contribution in [0.3, 0.4) is 0 Å². The van der Waals surface area contributed by atoms with Crippen LogP contribution >= 0.6 is 15.9 Å². The maximum atomic E-state index is 14.0. The van der Waals surface area contributed by atoms with Crippen molar-refractivity contribution in [1.82, 2.24) is 0 Å². The zero-order chi connectivity index (χ0) is 19.7. The minimum atomic E-state index is -4.63. The summed E-state index contributed by atoms with van der Waals surface area (Å²) in [5.74, 6) is 0. The molecule has 1 aliphatic rings. The number of oxime groups is 1. The highest BCUT2D eigenvalue weighted by molar-refractivity contribution is 9.10. The van der Waals surface area contributed by atoms with Gasteiger partial charge < -0.3 is 4.84 Å². The molecule has 140 valence electrons. The number of halogens is 4. The van der Waals surface area contributed by atoms with Crippen LogP contribution in [0.5, 0.6) is 0 Å². The first-order valence-electron chi connectivity index (χ1n) is 8.29. The van der Waals surface area contributed by atoms with E-state index in [1.807, 2.05) is 30.3 Å². The van der Waals surface area contributed by atoms with Crippen molar-refractivity contribution in [2.75, 3.05) is 0 Å². The lowest BCUT2D eigenvalue weighted by atomic mass is 9.85. The third-order valence-corrected chi connectivity index (χ3v) is 5.25. The third kappa shape index (κ3) is 3.34. The van der Waals surface area contributed by atoms with Crippen LogP contribution in [0.15, 0.2) is 82.5 Å². The van der Waals surface area contributed by atoms with Crippen LogP contribution in [0.4, 0.5) is 13.2 Å². The molecule has 0 spiro atoms. The summed E-state index contributed by atoms with van der Waals surface area (Å²) in [5, 5.41) is 5.58. The number of alkyl halides is 3. The molecule has 0 aliphatic carbocycles. The van der Waals surface area contributed by atoms with E-state index in [4.69, 9.17) is 4.84 Å². The molecule has 0 saturated carbocycles. The fourth-order valence-electron chi connectivity index (χ4n) is 3.20. The van der Waals surface area contributed by atoms with E-state index in [2.05, 4.69) is 27.7 Å². The van der Waals surface area contributed by atoms with Crippen LogP contribution in [-0.4, -0.2) is 17.5 Å². The van der Waals surface area contributed by atoms with Gasteiger partial charge in [0.2, 0.25) is 0 Å². The highest BCUT2D eigenvalue weighted by Gasteiger charge is 2.62. The molecule has 1 atom stereocenters. The Morgan fingerprint density at radius 3 is 2.56 bits per heavy atom. The highest BCUT2D eigenvalue weighted by atomic mass is 79.9. The average molecular weight is 436 g/mol. The Labute approximate surface area is 163 Å². The monoisotopic (exact) mass is 435 g/mol. The lowest BCUT2D eigenvalue weighted by Gasteiger charge is -2.30. The summed E-state index contributed by atoms with van der Waals surface area (Å²) in [6, 6.07) is 11.1. The molecule has 0 fully saturated rings. The molecule has 1 heterocycles. The van der Waals surface area contributed by atoms with Crippen LogP contribution in [0, 0.1) is 0 Å². The summed E-state index contributed by atoms with van der Waals surface area (Å²) in [4.78, 5) is 5.10. The molecular weight excluding hydrogens is 419 g/mol. The van der Waals surface area contributed by atoms with Gasteiger partial charge in [-0.15, -0.1) is 0 Å². The van der Waals surface area contributed by atoms with Gasteiger partial charge in [0.1, 0.15) is 0 Å². The van der Waals surface area contributed by atoms with Crippen molar-refractivity contribution in [2.45, 2.75) is 25.1 Å². The zero-order valence-corrected chi connectivity index (χ0v) is 16.1. The third-order valence-electron chi connectivity index (χ3n) is 4.56. The van der Waals surface area contributed by atoms with E-state index in [0.717, 1.165) is 15.2 Å². The van der Waals surface area contributed by atoms with Crippen LogP contribution in [0.1, 0.15) is 18.9 Å². The van der Waals surface area contributed by atoms with Gasteiger partial charge in [-0.3, -0.25) is 0 Å². The molecule has 3 rings (SSSR count). The number of benzene rings is 2. The molecule has 2 aromatic rings. The number of rotatable bonds is 4. The first-order valence-corrected chi connectivity index (χ1v) is 9.08. The Bertz CT molecular complexity index is 975. The lowest BCUT2D eigenvalue weighted by Crippen LogP contribution is -2.46. The van der Waals surface area contributed by atoms with E-state index in [0.29, 0.717) is 5.56 Å². The van der Waals surface area contributed by atoms with Gasteiger partial charge in [-0.25, -0.2) is 0 Å². The summed E-state index contributed by atoms with van der Waals surface area (Å²) in [5.41, 5.74) is -1.62. The maximum absolute atomic E-state index is 14.0. The molecule has 2 nitrogen and oxygen atoms in total. The first kappa shape index (κ1) is 19.4. The molecule has 2 aromatic carbocycles. The molecule has 1 unspecified atom stereocenters. The fourth-order valence-corrected chi connectivity index (χ4v) is 3.68. The molecular formula is C21H17BrF3NO. The van der Waals surface area contributed by atoms with Gasteiger partial charge in [-0.1, -0.05) is 82.3 Å². The predicted molar refractivity (Wildman–Crippen MR) is 106 cm³/mol.